The lowest BCUT2D eigenvalue weighted by atomic mass is 10.3. The van der Waals surface area contributed by atoms with Crippen LogP contribution in [0.4, 0.5) is 0 Å². The first-order valence-electron chi connectivity index (χ1n) is 6.99. The largest absolute Gasteiger partial charge is 0.383 e. The summed E-state index contributed by atoms with van der Waals surface area (Å²) in [6.45, 7) is 2.06. The Morgan fingerprint density at radius 1 is 1.33 bits per heavy atom. The molecule has 0 saturated carbocycles. The van der Waals surface area contributed by atoms with Gasteiger partial charge < -0.3 is 15.4 Å². The second kappa shape index (κ2) is 7.73. The van der Waals surface area contributed by atoms with Crippen molar-refractivity contribution in [1.82, 2.24) is 9.21 Å². The van der Waals surface area contributed by atoms with Gasteiger partial charge in [0.15, 0.2) is 0 Å². The molecule has 2 heterocycles. The van der Waals surface area contributed by atoms with Crippen LogP contribution in [-0.4, -0.2) is 74.7 Å². The van der Waals surface area contributed by atoms with Crippen LogP contribution >= 0.6 is 12.4 Å². The third-order valence-electron chi connectivity index (χ3n) is 3.97. The maximum absolute atomic E-state index is 12.4. The van der Waals surface area contributed by atoms with Crippen molar-refractivity contribution in [3.05, 3.63) is 0 Å². The molecule has 0 aromatic heterocycles. The van der Waals surface area contributed by atoms with Crippen LogP contribution in [0.5, 0.6) is 0 Å². The lowest BCUT2D eigenvalue weighted by Gasteiger charge is -2.22. The number of ether oxygens (including phenoxy) is 1. The van der Waals surface area contributed by atoms with E-state index in [1.54, 1.807) is 9.21 Å². The van der Waals surface area contributed by atoms with Gasteiger partial charge in [0.2, 0.25) is 15.9 Å². The molecule has 2 aliphatic heterocycles. The number of sulfonamides is 1. The highest BCUT2D eigenvalue weighted by Crippen LogP contribution is 2.23. The van der Waals surface area contributed by atoms with Crippen LogP contribution in [0.2, 0.25) is 0 Å². The molecule has 9 heteroatoms. The third-order valence-corrected chi connectivity index (χ3v) is 6.28. The molecule has 2 atom stereocenters. The van der Waals surface area contributed by atoms with Crippen LogP contribution < -0.4 is 5.73 Å². The zero-order valence-corrected chi connectivity index (χ0v) is 13.9. The number of amides is 1. The number of rotatable bonds is 5. The Morgan fingerprint density at radius 2 is 1.95 bits per heavy atom. The van der Waals surface area contributed by atoms with E-state index in [-0.39, 0.29) is 31.5 Å². The number of hydrogen-bond donors (Lipinski definition) is 1. The maximum Gasteiger partial charge on any atom is 0.241 e. The fourth-order valence-corrected chi connectivity index (χ4v) is 4.77. The molecule has 2 unspecified atom stereocenters. The molecule has 0 radical (unpaired) electrons. The molecule has 2 rings (SSSR count). The second-order valence-corrected chi connectivity index (χ2v) is 7.62. The highest BCUT2D eigenvalue weighted by atomic mass is 35.5. The second-order valence-electron chi connectivity index (χ2n) is 5.41. The molecule has 21 heavy (non-hydrogen) atoms. The number of nitrogens with two attached hydrogens (primary N) is 1. The molecule has 124 valence electrons. The summed E-state index contributed by atoms with van der Waals surface area (Å²) in [5, 5.41) is -0.487. The summed E-state index contributed by atoms with van der Waals surface area (Å²) in [7, 11) is -1.79. The highest BCUT2D eigenvalue weighted by Gasteiger charge is 2.40. The number of carbonyl (C=O) groups excluding carboxylic acids is 1. The number of nitrogens with zero attached hydrogens (tertiary/aromatic N) is 2. The first-order valence-corrected chi connectivity index (χ1v) is 8.49. The van der Waals surface area contributed by atoms with E-state index < -0.39 is 21.3 Å². The van der Waals surface area contributed by atoms with E-state index >= 15 is 0 Å². The monoisotopic (exact) mass is 341 g/mol. The molecule has 2 saturated heterocycles. The van der Waals surface area contributed by atoms with Crippen molar-refractivity contribution in [2.75, 3.05) is 39.9 Å². The van der Waals surface area contributed by atoms with E-state index in [1.165, 1.54) is 7.11 Å². The SMILES string of the molecule is COCC(N)C(=O)N1CCC(S(=O)(=O)N2CCCC2)C1.Cl. The predicted octanol–water partition coefficient (Wildman–Crippen LogP) is -0.592. The van der Waals surface area contributed by atoms with Gasteiger partial charge in [0, 0.05) is 33.3 Å². The van der Waals surface area contributed by atoms with Crippen LogP contribution in [0.1, 0.15) is 19.3 Å². The van der Waals surface area contributed by atoms with Crippen molar-refractivity contribution in [2.45, 2.75) is 30.6 Å². The number of halogens is 1. The van der Waals surface area contributed by atoms with Crippen molar-refractivity contribution in [3.8, 4) is 0 Å². The minimum Gasteiger partial charge on any atom is -0.383 e. The van der Waals surface area contributed by atoms with Gasteiger partial charge in [0.25, 0.3) is 0 Å². The topological polar surface area (TPSA) is 92.9 Å². The molecule has 1 amide bonds. The molecule has 7 nitrogen and oxygen atoms in total. The lowest BCUT2D eigenvalue weighted by molar-refractivity contribution is -0.132. The summed E-state index contributed by atoms with van der Waals surface area (Å²) in [6.07, 6.45) is 2.34. The highest BCUT2D eigenvalue weighted by molar-refractivity contribution is 7.89. The average Bonchev–Trinajstić information content (AvgIpc) is 3.09. The van der Waals surface area contributed by atoms with Crippen molar-refractivity contribution in [1.29, 1.82) is 0 Å². The normalized spacial score (nSPS) is 24.9. The van der Waals surface area contributed by atoms with Gasteiger partial charge >= 0.3 is 0 Å². The summed E-state index contributed by atoms with van der Waals surface area (Å²) in [6, 6.07) is -0.715. The molecule has 0 bridgehead atoms. The smallest absolute Gasteiger partial charge is 0.241 e. The van der Waals surface area contributed by atoms with Gasteiger partial charge in [0.1, 0.15) is 6.04 Å². The standard InChI is InChI=1S/C12H23N3O4S.ClH/c1-19-9-11(13)12(16)14-7-4-10(8-14)20(17,18)15-5-2-3-6-15;/h10-11H,2-9,13H2,1H3;1H. The average molecular weight is 342 g/mol. The first-order chi connectivity index (χ1) is 9.46. The molecule has 2 fully saturated rings. The number of hydrogen-bond acceptors (Lipinski definition) is 5. The Bertz CT molecular complexity index is 453. The van der Waals surface area contributed by atoms with Crippen LogP contribution in [0.25, 0.3) is 0 Å². The van der Waals surface area contributed by atoms with Crippen LogP contribution in [0.15, 0.2) is 0 Å². The van der Waals surface area contributed by atoms with Crippen LogP contribution in [0, 0.1) is 0 Å². The third kappa shape index (κ3) is 4.07. The molecular weight excluding hydrogens is 318 g/mol. The van der Waals surface area contributed by atoms with Crippen molar-refractivity contribution < 1.29 is 17.9 Å². The zero-order chi connectivity index (χ0) is 14.8. The van der Waals surface area contributed by atoms with Crippen molar-refractivity contribution >= 4 is 28.3 Å². The summed E-state index contributed by atoms with van der Waals surface area (Å²) >= 11 is 0. The Kier molecular flexibility index (Phi) is 6.86. The molecule has 2 aliphatic rings. The molecule has 0 aromatic rings. The predicted molar refractivity (Wildman–Crippen MR) is 81.8 cm³/mol. The first kappa shape index (κ1) is 18.6. The molecular formula is C12H24ClN3O4S. The van der Waals surface area contributed by atoms with Gasteiger partial charge in [-0.05, 0) is 19.3 Å². The quantitative estimate of drug-likeness (QED) is 0.721. The fraction of sp³-hybridized carbons (Fsp3) is 0.917. The Morgan fingerprint density at radius 3 is 2.52 bits per heavy atom. The van der Waals surface area contributed by atoms with Gasteiger partial charge in [0.05, 0.1) is 11.9 Å². The van der Waals surface area contributed by atoms with Crippen LogP contribution in [0.3, 0.4) is 0 Å². The molecule has 0 aliphatic carbocycles. The number of methoxy groups -OCH3 is 1. The zero-order valence-electron chi connectivity index (χ0n) is 12.2. The Balaban J connectivity index is 0.00000220. The summed E-state index contributed by atoms with van der Waals surface area (Å²) in [4.78, 5) is 13.6. The molecule has 2 N–H and O–H groups in total. The van der Waals surface area contributed by atoms with E-state index in [0.717, 1.165) is 12.8 Å². The Hall–Kier alpha value is -0.410. The minimum atomic E-state index is -3.28. The van der Waals surface area contributed by atoms with Gasteiger partial charge in [-0.1, -0.05) is 0 Å². The van der Waals surface area contributed by atoms with E-state index in [9.17, 15) is 13.2 Å². The minimum absolute atomic E-state index is 0. The Labute approximate surface area is 132 Å². The maximum atomic E-state index is 12.4. The molecule has 0 aromatic carbocycles. The van der Waals surface area contributed by atoms with Crippen molar-refractivity contribution in [2.24, 2.45) is 5.73 Å². The fourth-order valence-electron chi connectivity index (χ4n) is 2.81. The van der Waals surface area contributed by atoms with E-state index in [1.807, 2.05) is 0 Å². The van der Waals surface area contributed by atoms with Gasteiger partial charge in [-0.25, -0.2) is 12.7 Å². The van der Waals surface area contributed by atoms with Gasteiger partial charge in [-0.3, -0.25) is 4.79 Å². The van der Waals surface area contributed by atoms with E-state index in [4.69, 9.17) is 10.5 Å². The summed E-state index contributed by atoms with van der Waals surface area (Å²) in [5.41, 5.74) is 5.71. The summed E-state index contributed by atoms with van der Waals surface area (Å²) in [5.74, 6) is -0.231. The number of carbonyl (C=O) groups is 1. The molecule has 0 spiro atoms. The lowest BCUT2D eigenvalue weighted by Crippen LogP contribution is -2.46. The number of likely N-dealkylation sites (tertiary alicyclic amines) is 1. The van der Waals surface area contributed by atoms with E-state index in [0.29, 0.717) is 26.1 Å². The van der Waals surface area contributed by atoms with Crippen molar-refractivity contribution in [3.63, 3.8) is 0 Å². The van der Waals surface area contributed by atoms with Gasteiger partial charge in [-0.15, -0.1) is 12.4 Å². The van der Waals surface area contributed by atoms with Crippen LogP contribution in [-0.2, 0) is 19.6 Å². The van der Waals surface area contributed by atoms with Gasteiger partial charge in [-0.2, -0.15) is 0 Å². The summed E-state index contributed by atoms with van der Waals surface area (Å²) < 4.78 is 31.3. The van der Waals surface area contributed by atoms with E-state index in [2.05, 4.69) is 0 Å².